The molecule has 0 bridgehead atoms. The van der Waals surface area contributed by atoms with E-state index in [1.165, 1.54) is 0 Å². The van der Waals surface area contributed by atoms with Crippen LogP contribution in [0.2, 0.25) is 0 Å². The summed E-state index contributed by atoms with van der Waals surface area (Å²) in [4.78, 5) is 18.8. The molecule has 102 valence electrons. The number of amides is 1. The number of H-pyrrole nitrogens is 2. The van der Waals surface area contributed by atoms with E-state index in [9.17, 15) is 4.79 Å². The van der Waals surface area contributed by atoms with Crippen molar-refractivity contribution in [1.29, 1.82) is 0 Å². The first-order chi connectivity index (χ1) is 10.3. The van der Waals surface area contributed by atoms with Crippen molar-refractivity contribution in [3.05, 3.63) is 66.5 Å². The Bertz CT molecular complexity index is 949. The van der Waals surface area contributed by atoms with Crippen LogP contribution in [0.1, 0.15) is 10.4 Å². The van der Waals surface area contributed by atoms with Gasteiger partial charge in [-0.25, -0.2) is 0 Å². The molecule has 4 heteroatoms. The van der Waals surface area contributed by atoms with E-state index in [4.69, 9.17) is 0 Å². The van der Waals surface area contributed by atoms with E-state index in [1.54, 1.807) is 0 Å². The Morgan fingerprint density at radius 3 is 2.71 bits per heavy atom. The van der Waals surface area contributed by atoms with Crippen molar-refractivity contribution in [2.24, 2.45) is 0 Å². The van der Waals surface area contributed by atoms with Gasteiger partial charge in [0.1, 0.15) is 0 Å². The van der Waals surface area contributed by atoms with Gasteiger partial charge in [-0.3, -0.25) is 4.79 Å². The third-order valence-corrected chi connectivity index (χ3v) is 3.68. The molecule has 4 nitrogen and oxygen atoms in total. The maximum absolute atomic E-state index is 12.6. The zero-order chi connectivity index (χ0) is 14.2. The third kappa shape index (κ3) is 1.89. The topological polar surface area (TPSA) is 60.7 Å². The number of carbonyl (C=O) groups is 1. The molecule has 0 aliphatic rings. The molecule has 0 radical (unpaired) electrons. The SMILES string of the molecule is O=C(Nc1cccc2cc[nH]c12)c1cccc2[nH]ccc12. The van der Waals surface area contributed by atoms with Crippen LogP contribution in [0.4, 0.5) is 5.69 Å². The molecule has 4 rings (SSSR count). The summed E-state index contributed by atoms with van der Waals surface area (Å²) in [6.07, 6.45) is 3.71. The molecule has 3 N–H and O–H groups in total. The van der Waals surface area contributed by atoms with Gasteiger partial charge in [-0.1, -0.05) is 18.2 Å². The number of aromatic amines is 2. The van der Waals surface area contributed by atoms with E-state index in [1.807, 2.05) is 60.9 Å². The lowest BCUT2D eigenvalue weighted by atomic mass is 10.1. The summed E-state index contributed by atoms with van der Waals surface area (Å²) in [6.45, 7) is 0. The summed E-state index contributed by atoms with van der Waals surface area (Å²) < 4.78 is 0. The van der Waals surface area contributed by atoms with Gasteiger partial charge in [-0.2, -0.15) is 0 Å². The summed E-state index contributed by atoms with van der Waals surface area (Å²) in [7, 11) is 0. The number of hydrogen-bond donors (Lipinski definition) is 3. The van der Waals surface area contributed by atoms with E-state index in [0.29, 0.717) is 5.56 Å². The normalized spacial score (nSPS) is 11.0. The van der Waals surface area contributed by atoms with Gasteiger partial charge < -0.3 is 15.3 Å². The molecule has 0 spiro atoms. The predicted molar refractivity (Wildman–Crippen MR) is 84.6 cm³/mol. The van der Waals surface area contributed by atoms with Crippen LogP contribution < -0.4 is 5.32 Å². The fourth-order valence-electron chi connectivity index (χ4n) is 2.66. The minimum absolute atomic E-state index is 0.109. The number of benzene rings is 2. The molecule has 0 aliphatic heterocycles. The predicted octanol–water partition coefficient (Wildman–Crippen LogP) is 3.90. The first-order valence-corrected chi connectivity index (χ1v) is 6.76. The lowest BCUT2D eigenvalue weighted by Gasteiger charge is -2.07. The highest BCUT2D eigenvalue weighted by Crippen LogP contribution is 2.23. The number of para-hydroxylation sites is 1. The van der Waals surface area contributed by atoms with Gasteiger partial charge in [0, 0.05) is 34.2 Å². The molecule has 2 aromatic carbocycles. The minimum atomic E-state index is -0.109. The summed E-state index contributed by atoms with van der Waals surface area (Å²) in [5.41, 5.74) is 3.35. The Kier molecular flexibility index (Phi) is 2.54. The second-order valence-corrected chi connectivity index (χ2v) is 4.95. The Hall–Kier alpha value is -3.01. The average Bonchev–Trinajstić information content (AvgIpc) is 3.15. The quantitative estimate of drug-likeness (QED) is 0.510. The molecule has 0 fully saturated rings. The highest BCUT2D eigenvalue weighted by molar-refractivity contribution is 6.14. The highest BCUT2D eigenvalue weighted by Gasteiger charge is 2.12. The number of nitrogens with one attached hydrogen (secondary N) is 3. The van der Waals surface area contributed by atoms with Gasteiger partial charge in [-0.05, 0) is 30.3 Å². The van der Waals surface area contributed by atoms with Crippen LogP contribution in [0.5, 0.6) is 0 Å². The summed E-state index contributed by atoms with van der Waals surface area (Å²) in [6, 6.07) is 15.4. The Morgan fingerprint density at radius 1 is 0.905 bits per heavy atom. The zero-order valence-electron chi connectivity index (χ0n) is 11.2. The molecule has 1 amide bonds. The Morgan fingerprint density at radius 2 is 1.76 bits per heavy atom. The molecular weight excluding hydrogens is 262 g/mol. The molecule has 0 saturated carbocycles. The molecule has 2 heterocycles. The number of carbonyl (C=O) groups excluding carboxylic acids is 1. The standard InChI is InChI=1S/C17H13N3O/c21-17(13-4-2-5-14-12(13)8-10-18-14)20-15-6-1-3-11-7-9-19-16(11)15/h1-10,18-19H,(H,20,21). The van der Waals surface area contributed by atoms with E-state index in [2.05, 4.69) is 15.3 Å². The largest absolute Gasteiger partial charge is 0.361 e. The first-order valence-electron chi connectivity index (χ1n) is 6.76. The van der Waals surface area contributed by atoms with Gasteiger partial charge in [0.05, 0.1) is 11.2 Å². The van der Waals surface area contributed by atoms with Crippen LogP contribution in [-0.4, -0.2) is 15.9 Å². The molecule has 0 atom stereocenters. The molecule has 0 saturated heterocycles. The fourth-order valence-corrected chi connectivity index (χ4v) is 2.66. The first kappa shape index (κ1) is 11.8. The van der Waals surface area contributed by atoms with E-state index >= 15 is 0 Å². The van der Waals surface area contributed by atoms with Crippen molar-refractivity contribution in [1.82, 2.24) is 9.97 Å². The van der Waals surface area contributed by atoms with E-state index < -0.39 is 0 Å². The number of hydrogen-bond acceptors (Lipinski definition) is 1. The third-order valence-electron chi connectivity index (χ3n) is 3.68. The molecule has 0 aliphatic carbocycles. The van der Waals surface area contributed by atoms with E-state index in [-0.39, 0.29) is 5.91 Å². The smallest absolute Gasteiger partial charge is 0.256 e. The van der Waals surface area contributed by atoms with Gasteiger partial charge in [0.25, 0.3) is 5.91 Å². The number of fused-ring (bicyclic) bond motifs is 2. The highest BCUT2D eigenvalue weighted by atomic mass is 16.1. The number of aromatic nitrogens is 2. The van der Waals surface area contributed by atoms with Gasteiger partial charge in [-0.15, -0.1) is 0 Å². The second-order valence-electron chi connectivity index (χ2n) is 4.95. The van der Waals surface area contributed by atoms with Gasteiger partial charge >= 0.3 is 0 Å². The molecule has 21 heavy (non-hydrogen) atoms. The van der Waals surface area contributed by atoms with Crippen LogP contribution >= 0.6 is 0 Å². The molecule has 4 aromatic rings. The van der Waals surface area contributed by atoms with Crippen LogP contribution in [0.15, 0.2) is 60.9 Å². The fraction of sp³-hybridized carbons (Fsp3) is 0. The molecular formula is C17H13N3O. The summed E-state index contributed by atoms with van der Waals surface area (Å²) >= 11 is 0. The second kappa shape index (κ2) is 4.52. The maximum atomic E-state index is 12.6. The van der Waals surface area contributed by atoms with Gasteiger partial charge in [0.15, 0.2) is 0 Å². The van der Waals surface area contributed by atoms with Gasteiger partial charge in [0.2, 0.25) is 0 Å². The lowest BCUT2D eigenvalue weighted by molar-refractivity contribution is 0.102. The average molecular weight is 275 g/mol. The van der Waals surface area contributed by atoms with Crippen molar-refractivity contribution >= 4 is 33.4 Å². The molecule has 0 unspecified atom stereocenters. The Balaban J connectivity index is 1.76. The summed E-state index contributed by atoms with van der Waals surface area (Å²) in [5, 5.41) is 4.99. The number of anilines is 1. The maximum Gasteiger partial charge on any atom is 0.256 e. The number of rotatable bonds is 2. The van der Waals surface area contributed by atoms with Crippen molar-refractivity contribution in [2.45, 2.75) is 0 Å². The monoisotopic (exact) mass is 275 g/mol. The van der Waals surface area contributed by atoms with Crippen molar-refractivity contribution in [3.63, 3.8) is 0 Å². The summed E-state index contributed by atoms with van der Waals surface area (Å²) in [5.74, 6) is -0.109. The van der Waals surface area contributed by atoms with Crippen LogP contribution in [0.3, 0.4) is 0 Å². The Labute approximate surface area is 120 Å². The zero-order valence-corrected chi connectivity index (χ0v) is 11.2. The van der Waals surface area contributed by atoms with E-state index in [0.717, 1.165) is 27.5 Å². The van der Waals surface area contributed by atoms with Crippen molar-refractivity contribution < 1.29 is 4.79 Å². The van der Waals surface area contributed by atoms with Crippen LogP contribution in [0.25, 0.3) is 21.8 Å². The van der Waals surface area contributed by atoms with Crippen molar-refractivity contribution in [3.8, 4) is 0 Å². The van der Waals surface area contributed by atoms with Crippen LogP contribution in [0, 0.1) is 0 Å². The lowest BCUT2D eigenvalue weighted by Crippen LogP contribution is -2.12. The van der Waals surface area contributed by atoms with Crippen LogP contribution in [-0.2, 0) is 0 Å². The van der Waals surface area contributed by atoms with Crippen molar-refractivity contribution in [2.75, 3.05) is 5.32 Å². The minimum Gasteiger partial charge on any atom is -0.361 e. The molecule has 2 aromatic heterocycles.